The summed E-state index contributed by atoms with van der Waals surface area (Å²) in [4.78, 5) is 12.2. The number of rotatable bonds is 5. The molecule has 8 heteroatoms. The molecule has 0 atom stereocenters. The van der Waals surface area contributed by atoms with Crippen molar-refractivity contribution < 1.29 is 14.3 Å². The fourth-order valence-corrected chi connectivity index (χ4v) is 3.07. The third-order valence-corrected chi connectivity index (χ3v) is 4.45. The third-order valence-electron chi connectivity index (χ3n) is 3.08. The van der Waals surface area contributed by atoms with Gasteiger partial charge >= 0.3 is 0 Å². The van der Waals surface area contributed by atoms with Gasteiger partial charge in [-0.05, 0) is 42.5 Å². The van der Waals surface area contributed by atoms with Crippen LogP contribution in [0.4, 0.5) is 0 Å². The van der Waals surface area contributed by atoms with Gasteiger partial charge in [-0.3, -0.25) is 4.79 Å². The summed E-state index contributed by atoms with van der Waals surface area (Å²) < 4.78 is 5.50. The molecule has 0 fully saturated rings. The van der Waals surface area contributed by atoms with Crippen molar-refractivity contribution in [3.8, 4) is 17.2 Å². The number of hydrogen-bond donors (Lipinski definition) is 1. The van der Waals surface area contributed by atoms with E-state index >= 15 is 0 Å². The minimum atomic E-state index is -0.161. The Bertz CT molecular complexity index is 881. The van der Waals surface area contributed by atoms with E-state index in [0.717, 1.165) is 11.8 Å². The molecule has 0 aliphatic rings. The lowest BCUT2D eigenvalue weighted by Gasteiger charge is -2.02. The number of phenolic OH excluding ortho intramolecular Hbond substituents is 1. The van der Waals surface area contributed by atoms with Gasteiger partial charge in [-0.25, -0.2) is 0 Å². The first kappa shape index (κ1) is 16.8. The number of carbonyl (C=O) groups excluding carboxylic acids is 1. The highest BCUT2D eigenvalue weighted by Gasteiger charge is 2.14. The smallest absolute Gasteiger partial charge is 0.277 e. The molecule has 3 aromatic rings. The molecule has 0 amide bonds. The number of halogens is 2. The summed E-state index contributed by atoms with van der Waals surface area (Å²) >= 11 is 13.0. The van der Waals surface area contributed by atoms with E-state index in [9.17, 15) is 9.90 Å². The van der Waals surface area contributed by atoms with Crippen LogP contribution in [-0.4, -0.2) is 26.8 Å². The summed E-state index contributed by atoms with van der Waals surface area (Å²) in [5, 5.41) is 18.1. The lowest BCUT2D eigenvalue weighted by molar-refractivity contribution is 0.102. The van der Waals surface area contributed by atoms with E-state index in [2.05, 4.69) is 10.2 Å². The molecular formula is C16H10Cl2N2O3S. The van der Waals surface area contributed by atoms with E-state index < -0.39 is 0 Å². The molecule has 1 N–H and O–H groups in total. The monoisotopic (exact) mass is 380 g/mol. The number of aromatic hydroxyl groups is 1. The maximum atomic E-state index is 12.2. The number of carbonyl (C=O) groups is 1. The Labute approximate surface area is 151 Å². The average Bonchev–Trinajstić information content (AvgIpc) is 3.02. The summed E-state index contributed by atoms with van der Waals surface area (Å²) in [6, 6.07) is 11.1. The molecule has 5 nitrogen and oxygen atoms in total. The molecule has 0 spiro atoms. The van der Waals surface area contributed by atoms with E-state index in [1.807, 2.05) is 0 Å². The van der Waals surface area contributed by atoms with E-state index in [1.54, 1.807) is 24.3 Å². The number of ketones is 1. The van der Waals surface area contributed by atoms with Gasteiger partial charge in [0.2, 0.25) is 5.89 Å². The highest BCUT2D eigenvalue weighted by molar-refractivity contribution is 7.99. The molecule has 3 rings (SSSR count). The summed E-state index contributed by atoms with van der Waals surface area (Å²) in [6.45, 7) is 0. The van der Waals surface area contributed by atoms with Crippen molar-refractivity contribution in [1.82, 2.24) is 10.2 Å². The standard InChI is InChI=1S/C16H10Cl2N2O3S/c17-10-3-6-12(13(18)7-10)14(22)8-24-16-20-19-15(23-16)9-1-4-11(21)5-2-9/h1-7,21H,8H2. The Hall–Kier alpha value is -2.02. The van der Waals surface area contributed by atoms with Gasteiger partial charge in [0.25, 0.3) is 5.22 Å². The van der Waals surface area contributed by atoms with Gasteiger partial charge in [0.05, 0.1) is 10.8 Å². The van der Waals surface area contributed by atoms with Crippen LogP contribution in [0, 0.1) is 0 Å². The van der Waals surface area contributed by atoms with Gasteiger partial charge in [-0.15, -0.1) is 10.2 Å². The van der Waals surface area contributed by atoms with Crippen molar-refractivity contribution in [2.75, 3.05) is 5.75 Å². The number of hydrogen-bond acceptors (Lipinski definition) is 6. The Morgan fingerprint density at radius 1 is 1.12 bits per heavy atom. The fraction of sp³-hybridized carbons (Fsp3) is 0.0625. The Morgan fingerprint density at radius 2 is 1.88 bits per heavy atom. The molecule has 24 heavy (non-hydrogen) atoms. The number of aromatic nitrogens is 2. The number of nitrogens with zero attached hydrogens (tertiary/aromatic N) is 2. The van der Waals surface area contributed by atoms with E-state index in [-0.39, 0.29) is 22.5 Å². The molecule has 0 aliphatic heterocycles. The van der Waals surface area contributed by atoms with Crippen molar-refractivity contribution in [3.05, 3.63) is 58.1 Å². The highest BCUT2D eigenvalue weighted by atomic mass is 35.5. The first-order valence-corrected chi connectivity index (χ1v) is 8.51. The molecule has 0 saturated heterocycles. The highest BCUT2D eigenvalue weighted by Crippen LogP contribution is 2.27. The SMILES string of the molecule is O=C(CSc1nnc(-c2ccc(O)cc2)o1)c1ccc(Cl)cc1Cl. The summed E-state index contributed by atoms with van der Waals surface area (Å²) in [5.41, 5.74) is 1.08. The predicted molar refractivity (Wildman–Crippen MR) is 92.9 cm³/mol. The second-order valence-corrected chi connectivity index (χ2v) is 6.53. The van der Waals surface area contributed by atoms with Gasteiger partial charge in [0.15, 0.2) is 5.78 Å². The van der Waals surface area contributed by atoms with Crippen LogP contribution in [0.1, 0.15) is 10.4 Å². The van der Waals surface area contributed by atoms with Crippen LogP contribution < -0.4 is 0 Å². The Kier molecular flexibility index (Phi) is 5.08. The lowest BCUT2D eigenvalue weighted by Crippen LogP contribution is -2.03. The summed E-state index contributed by atoms with van der Waals surface area (Å²) in [5.74, 6) is 0.414. The zero-order chi connectivity index (χ0) is 17.1. The van der Waals surface area contributed by atoms with Crippen molar-refractivity contribution in [2.45, 2.75) is 5.22 Å². The van der Waals surface area contributed by atoms with Gasteiger partial charge in [0.1, 0.15) is 5.75 Å². The van der Waals surface area contributed by atoms with Crippen LogP contribution >= 0.6 is 35.0 Å². The van der Waals surface area contributed by atoms with Crippen LogP contribution in [0.2, 0.25) is 10.0 Å². The summed E-state index contributed by atoms with van der Waals surface area (Å²) in [7, 11) is 0. The Morgan fingerprint density at radius 3 is 2.58 bits per heavy atom. The zero-order valence-electron chi connectivity index (χ0n) is 12.1. The normalized spacial score (nSPS) is 10.8. The molecule has 0 saturated carbocycles. The predicted octanol–water partition coefficient (Wildman–Crippen LogP) is 4.72. The van der Waals surface area contributed by atoms with Crippen molar-refractivity contribution in [3.63, 3.8) is 0 Å². The molecule has 0 bridgehead atoms. The van der Waals surface area contributed by atoms with Crippen LogP contribution in [0.3, 0.4) is 0 Å². The van der Waals surface area contributed by atoms with Gasteiger partial charge < -0.3 is 9.52 Å². The fourth-order valence-electron chi connectivity index (χ4n) is 1.91. The molecule has 0 aliphatic carbocycles. The largest absolute Gasteiger partial charge is 0.508 e. The van der Waals surface area contributed by atoms with Crippen LogP contribution in [0.25, 0.3) is 11.5 Å². The third kappa shape index (κ3) is 3.90. The van der Waals surface area contributed by atoms with Gasteiger partial charge in [-0.2, -0.15) is 0 Å². The minimum absolute atomic E-state index is 0.110. The number of benzene rings is 2. The van der Waals surface area contributed by atoms with E-state index in [4.69, 9.17) is 27.6 Å². The molecule has 0 unspecified atom stereocenters. The lowest BCUT2D eigenvalue weighted by atomic mass is 10.1. The molecule has 1 heterocycles. The van der Waals surface area contributed by atoms with Crippen molar-refractivity contribution >= 4 is 40.7 Å². The minimum Gasteiger partial charge on any atom is -0.508 e. The number of thioether (sulfide) groups is 1. The first-order valence-electron chi connectivity index (χ1n) is 6.77. The summed E-state index contributed by atoms with van der Waals surface area (Å²) in [6.07, 6.45) is 0. The van der Waals surface area contributed by atoms with Gasteiger partial charge in [-0.1, -0.05) is 35.0 Å². The number of Topliss-reactive ketones (excluding diaryl/α,β-unsaturated/α-hetero) is 1. The molecule has 0 radical (unpaired) electrons. The van der Waals surface area contributed by atoms with Crippen LogP contribution in [-0.2, 0) is 0 Å². The van der Waals surface area contributed by atoms with Crippen molar-refractivity contribution in [1.29, 1.82) is 0 Å². The first-order chi connectivity index (χ1) is 11.5. The van der Waals surface area contributed by atoms with E-state index in [1.165, 1.54) is 18.2 Å². The van der Waals surface area contributed by atoms with Crippen molar-refractivity contribution in [2.24, 2.45) is 0 Å². The van der Waals surface area contributed by atoms with Gasteiger partial charge in [0, 0.05) is 16.1 Å². The van der Waals surface area contributed by atoms with Crippen LogP contribution in [0.15, 0.2) is 52.1 Å². The second kappa shape index (κ2) is 7.25. The maximum absolute atomic E-state index is 12.2. The van der Waals surface area contributed by atoms with Crippen LogP contribution in [0.5, 0.6) is 5.75 Å². The average molecular weight is 381 g/mol. The topological polar surface area (TPSA) is 76.2 Å². The number of phenols is 1. The van der Waals surface area contributed by atoms with E-state index in [0.29, 0.717) is 27.1 Å². The molecular weight excluding hydrogens is 371 g/mol. The quantitative estimate of drug-likeness (QED) is 0.509. The second-order valence-electron chi connectivity index (χ2n) is 4.76. The zero-order valence-corrected chi connectivity index (χ0v) is 14.4. The Balaban J connectivity index is 1.67. The molecule has 2 aromatic carbocycles. The maximum Gasteiger partial charge on any atom is 0.277 e. The molecule has 122 valence electrons. The molecule has 1 aromatic heterocycles.